The Bertz CT molecular complexity index is 544. The molecule has 0 radical (unpaired) electrons. The maximum Gasteiger partial charge on any atom is 0.253 e. The minimum absolute atomic E-state index is 0.284. The minimum Gasteiger partial charge on any atom is -0.356 e. The molecule has 0 bridgehead atoms. The number of aryl methyl sites for hydroxylation is 1. The number of nitrogens with zero attached hydrogens (tertiary/aromatic N) is 3. The molecule has 2 rings (SSSR count). The quantitative estimate of drug-likeness (QED) is 0.736. The van der Waals surface area contributed by atoms with E-state index in [-0.39, 0.29) is 5.91 Å². The largest absolute Gasteiger partial charge is 0.356 e. The molecule has 2 aromatic rings. The molecule has 0 fully saturated rings. The number of rotatable bonds is 5. The van der Waals surface area contributed by atoms with Gasteiger partial charge < -0.3 is 10.3 Å². The summed E-state index contributed by atoms with van der Waals surface area (Å²) in [5.41, 5.74) is 1.43. The molecule has 0 aliphatic heterocycles. The van der Waals surface area contributed by atoms with E-state index in [2.05, 4.69) is 20.5 Å². The summed E-state index contributed by atoms with van der Waals surface area (Å²) < 4.78 is 0. The fourth-order valence-electron chi connectivity index (χ4n) is 1.61. The van der Waals surface area contributed by atoms with E-state index in [1.807, 2.05) is 0 Å². The number of hydrogen-bond acceptors (Lipinski definition) is 4. The summed E-state index contributed by atoms with van der Waals surface area (Å²) in [5, 5.41) is 10.5. The SMILES string of the molecule is Cc1cc(C(=O)NCCn2nccn2)c(C=O)[nH]1. The lowest BCUT2D eigenvalue weighted by Crippen LogP contribution is -2.28. The van der Waals surface area contributed by atoms with Gasteiger partial charge in [0.25, 0.3) is 5.91 Å². The predicted octanol–water partition coefficient (Wildman–Crippen LogP) is 0.157. The molecule has 2 N–H and O–H groups in total. The molecule has 0 atom stereocenters. The second-order valence-corrected chi connectivity index (χ2v) is 3.78. The zero-order valence-electron chi connectivity index (χ0n) is 9.88. The van der Waals surface area contributed by atoms with Gasteiger partial charge in [0.1, 0.15) is 0 Å². The van der Waals surface area contributed by atoms with Gasteiger partial charge in [0, 0.05) is 12.2 Å². The first-order valence-electron chi connectivity index (χ1n) is 5.48. The van der Waals surface area contributed by atoms with Gasteiger partial charge in [0.05, 0.1) is 30.2 Å². The fraction of sp³-hybridized carbons (Fsp3) is 0.273. The molecule has 2 aromatic heterocycles. The molecule has 0 spiro atoms. The van der Waals surface area contributed by atoms with Gasteiger partial charge in [-0.2, -0.15) is 15.0 Å². The van der Waals surface area contributed by atoms with E-state index in [0.717, 1.165) is 5.69 Å². The van der Waals surface area contributed by atoms with E-state index >= 15 is 0 Å². The van der Waals surface area contributed by atoms with Crippen molar-refractivity contribution in [2.75, 3.05) is 6.54 Å². The third-order valence-electron chi connectivity index (χ3n) is 2.41. The van der Waals surface area contributed by atoms with Crippen LogP contribution in [0.25, 0.3) is 0 Å². The van der Waals surface area contributed by atoms with Gasteiger partial charge >= 0.3 is 0 Å². The van der Waals surface area contributed by atoms with Gasteiger partial charge in [-0.3, -0.25) is 9.59 Å². The van der Waals surface area contributed by atoms with Crippen molar-refractivity contribution >= 4 is 12.2 Å². The minimum atomic E-state index is -0.284. The molecule has 2 heterocycles. The van der Waals surface area contributed by atoms with E-state index in [1.165, 1.54) is 4.80 Å². The lowest BCUT2D eigenvalue weighted by molar-refractivity contribution is 0.0946. The number of aldehydes is 1. The van der Waals surface area contributed by atoms with Gasteiger partial charge in [0.2, 0.25) is 0 Å². The van der Waals surface area contributed by atoms with Crippen LogP contribution in [0.2, 0.25) is 0 Å². The summed E-state index contributed by atoms with van der Waals surface area (Å²) in [7, 11) is 0. The van der Waals surface area contributed by atoms with E-state index in [1.54, 1.807) is 25.4 Å². The van der Waals surface area contributed by atoms with Crippen LogP contribution in [0.1, 0.15) is 26.5 Å². The van der Waals surface area contributed by atoms with Gasteiger partial charge in [0.15, 0.2) is 6.29 Å². The van der Waals surface area contributed by atoms with Gasteiger partial charge in [-0.15, -0.1) is 0 Å². The van der Waals surface area contributed by atoms with E-state index in [4.69, 9.17) is 0 Å². The monoisotopic (exact) mass is 247 g/mol. The van der Waals surface area contributed by atoms with Crippen molar-refractivity contribution in [3.63, 3.8) is 0 Å². The zero-order valence-corrected chi connectivity index (χ0v) is 9.88. The Labute approximate surface area is 103 Å². The summed E-state index contributed by atoms with van der Waals surface area (Å²) >= 11 is 0. The summed E-state index contributed by atoms with van der Waals surface area (Å²) in [4.78, 5) is 26.9. The second kappa shape index (κ2) is 5.26. The molecule has 0 saturated heterocycles. The first kappa shape index (κ1) is 12.0. The Morgan fingerprint density at radius 3 is 2.89 bits per heavy atom. The third-order valence-corrected chi connectivity index (χ3v) is 2.41. The van der Waals surface area contributed by atoms with E-state index < -0.39 is 0 Å². The lowest BCUT2D eigenvalue weighted by atomic mass is 10.2. The highest BCUT2D eigenvalue weighted by Gasteiger charge is 2.13. The molecule has 94 valence electrons. The van der Waals surface area contributed by atoms with E-state index in [0.29, 0.717) is 30.6 Å². The number of carbonyl (C=O) groups excluding carboxylic acids is 2. The third kappa shape index (κ3) is 2.62. The Hall–Kier alpha value is -2.44. The van der Waals surface area contributed by atoms with Crippen molar-refractivity contribution < 1.29 is 9.59 Å². The maximum atomic E-state index is 11.8. The molecule has 7 heteroatoms. The highest BCUT2D eigenvalue weighted by atomic mass is 16.1. The number of aromatic nitrogens is 4. The summed E-state index contributed by atoms with van der Waals surface area (Å²) in [5.74, 6) is -0.284. The van der Waals surface area contributed by atoms with Crippen LogP contribution in [0.15, 0.2) is 18.5 Å². The molecule has 0 aliphatic rings. The highest BCUT2D eigenvalue weighted by molar-refractivity contribution is 6.00. The maximum absolute atomic E-state index is 11.8. The topological polar surface area (TPSA) is 92.7 Å². The molecule has 0 saturated carbocycles. The van der Waals surface area contributed by atoms with Gasteiger partial charge in [-0.25, -0.2) is 0 Å². The molecule has 0 aliphatic carbocycles. The summed E-state index contributed by atoms with van der Waals surface area (Å²) in [6.45, 7) is 2.67. The molecule has 0 unspecified atom stereocenters. The number of nitrogens with one attached hydrogen (secondary N) is 2. The van der Waals surface area contributed by atoms with Crippen LogP contribution in [-0.2, 0) is 6.54 Å². The summed E-state index contributed by atoms with van der Waals surface area (Å²) in [6, 6.07) is 1.64. The van der Waals surface area contributed by atoms with Gasteiger partial charge in [-0.1, -0.05) is 0 Å². The summed E-state index contributed by atoms with van der Waals surface area (Å²) in [6.07, 6.45) is 3.78. The molecular weight excluding hydrogens is 234 g/mol. The zero-order chi connectivity index (χ0) is 13.0. The van der Waals surface area contributed by atoms with Crippen LogP contribution < -0.4 is 5.32 Å². The Morgan fingerprint density at radius 2 is 2.22 bits per heavy atom. The van der Waals surface area contributed by atoms with Crippen LogP contribution in [0.3, 0.4) is 0 Å². The Balaban J connectivity index is 1.93. The number of aromatic amines is 1. The predicted molar refractivity (Wildman–Crippen MR) is 63.3 cm³/mol. The van der Waals surface area contributed by atoms with Crippen molar-refractivity contribution in [2.24, 2.45) is 0 Å². The van der Waals surface area contributed by atoms with Crippen LogP contribution >= 0.6 is 0 Å². The standard InChI is InChI=1S/C11H13N5O2/c1-8-6-9(10(7-17)15-8)11(18)12-4-5-16-13-2-3-14-16/h2-3,6-7,15H,4-5H2,1H3,(H,12,18). The molecule has 0 aromatic carbocycles. The molecule has 18 heavy (non-hydrogen) atoms. The number of H-pyrrole nitrogens is 1. The van der Waals surface area contributed by atoms with Crippen molar-refractivity contribution in [1.82, 2.24) is 25.3 Å². The first-order valence-corrected chi connectivity index (χ1v) is 5.48. The van der Waals surface area contributed by atoms with Crippen LogP contribution in [0.5, 0.6) is 0 Å². The average Bonchev–Trinajstić information content (AvgIpc) is 2.98. The molecule has 7 nitrogen and oxygen atoms in total. The Morgan fingerprint density at radius 1 is 1.50 bits per heavy atom. The molecule has 1 amide bonds. The smallest absolute Gasteiger partial charge is 0.253 e. The normalized spacial score (nSPS) is 10.3. The average molecular weight is 247 g/mol. The highest BCUT2D eigenvalue weighted by Crippen LogP contribution is 2.08. The molecular formula is C11H13N5O2. The fourth-order valence-corrected chi connectivity index (χ4v) is 1.61. The van der Waals surface area contributed by atoms with Crippen LogP contribution in [-0.4, -0.2) is 38.7 Å². The Kier molecular flexibility index (Phi) is 3.52. The van der Waals surface area contributed by atoms with E-state index in [9.17, 15) is 9.59 Å². The van der Waals surface area contributed by atoms with Crippen molar-refractivity contribution in [2.45, 2.75) is 13.5 Å². The lowest BCUT2D eigenvalue weighted by Gasteiger charge is -2.03. The van der Waals surface area contributed by atoms with Crippen LogP contribution in [0.4, 0.5) is 0 Å². The number of carbonyl (C=O) groups is 2. The first-order chi connectivity index (χ1) is 8.70. The van der Waals surface area contributed by atoms with Gasteiger partial charge in [-0.05, 0) is 13.0 Å². The second-order valence-electron chi connectivity index (χ2n) is 3.78. The number of amides is 1. The van der Waals surface area contributed by atoms with Crippen molar-refractivity contribution in [1.29, 1.82) is 0 Å². The van der Waals surface area contributed by atoms with Crippen molar-refractivity contribution in [3.05, 3.63) is 35.4 Å². The van der Waals surface area contributed by atoms with Crippen molar-refractivity contribution in [3.8, 4) is 0 Å². The van der Waals surface area contributed by atoms with Crippen LogP contribution in [0, 0.1) is 6.92 Å². The number of hydrogen-bond donors (Lipinski definition) is 2.